The molecule has 38 heavy (non-hydrogen) atoms. The zero-order valence-corrected chi connectivity index (χ0v) is 22.6. The minimum absolute atomic E-state index is 0.117. The Hall–Kier alpha value is -3.12. The number of nitrogens with zero attached hydrogens (tertiary/aromatic N) is 2. The van der Waals surface area contributed by atoms with Gasteiger partial charge in [0, 0.05) is 43.1 Å². The molecule has 2 aliphatic rings. The summed E-state index contributed by atoms with van der Waals surface area (Å²) in [7, 11) is 0. The third-order valence-electron chi connectivity index (χ3n) is 8.48. The van der Waals surface area contributed by atoms with Gasteiger partial charge in [0.15, 0.2) is 0 Å². The lowest BCUT2D eigenvalue weighted by molar-refractivity contribution is 0.229. The SMILES string of the molecule is CCN(CC)CC1CCN(c2ccc([C@@H]3c4ccc(O)cc4OCC3c3ccc(F)cc3C)cc2F)CC1. The van der Waals surface area contributed by atoms with Crippen molar-refractivity contribution in [2.45, 2.75) is 45.4 Å². The van der Waals surface area contributed by atoms with Crippen molar-refractivity contribution in [1.29, 1.82) is 0 Å². The van der Waals surface area contributed by atoms with E-state index in [0.717, 1.165) is 67.8 Å². The van der Waals surface area contributed by atoms with E-state index in [1.54, 1.807) is 18.2 Å². The van der Waals surface area contributed by atoms with Gasteiger partial charge < -0.3 is 19.6 Å². The van der Waals surface area contributed by atoms with E-state index in [1.807, 2.05) is 31.2 Å². The molecule has 0 spiro atoms. The zero-order valence-electron chi connectivity index (χ0n) is 22.6. The molecule has 4 nitrogen and oxygen atoms in total. The highest BCUT2D eigenvalue weighted by molar-refractivity contribution is 5.55. The number of rotatable bonds is 7. The van der Waals surface area contributed by atoms with Crippen molar-refractivity contribution in [3.8, 4) is 11.5 Å². The van der Waals surface area contributed by atoms with Crippen molar-refractivity contribution < 1.29 is 18.6 Å². The molecule has 202 valence electrons. The number of hydrogen-bond donors (Lipinski definition) is 1. The Kier molecular flexibility index (Phi) is 7.89. The minimum atomic E-state index is -0.277. The van der Waals surface area contributed by atoms with Crippen LogP contribution in [-0.2, 0) is 0 Å². The number of benzene rings is 3. The average molecular weight is 521 g/mol. The first kappa shape index (κ1) is 26.5. The lowest BCUT2D eigenvalue weighted by Gasteiger charge is -2.37. The van der Waals surface area contributed by atoms with E-state index in [1.165, 1.54) is 12.1 Å². The second-order valence-corrected chi connectivity index (χ2v) is 10.7. The fraction of sp³-hybridized carbons (Fsp3) is 0.438. The zero-order chi connectivity index (χ0) is 26.8. The molecule has 0 aromatic heterocycles. The van der Waals surface area contributed by atoms with Gasteiger partial charge in [-0.15, -0.1) is 0 Å². The van der Waals surface area contributed by atoms with Crippen LogP contribution >= 0.6 is 0 Å². The van der Waals surface area contributed by atoms with Crippen molar-refractivity contribution in [1.82, 2.24) is 4.90 Å². The van der Waals surface area contributed by atoms with E-state index in [0.29, 0.717) is 24.0 Å². The molecule has 0 bridgehead atoms. The number of phenols is 1. The predicted molar refractivity (Wildman–Crippen MR) is 148 cm³/mol. The summed E-state index contributed by atoms with van der Waals surface area (Å²) >= 11 is 0. The number of phenolic OH excluding ortho intramolecular Hbond substituents is 1. The fourth-order valence-corrected chi connectivity index (χ4v) is 6.31. The average Bonchev–Trinajstić information content (AvgIpc) is 2.91. The monoisotopic (exact) mass is 520 g/mol. The summed E-state index contributed by atoms with van der Waals surface area (Å²) in [6, 6.07) is 15.5. The molecule has 0 radical (unpaired) electrons. The van der Waals surface area contributed by atoms with Crippen LogP contribution in [0.5, 0.6) is 11.5 Å². The lowest BCUT2D eigenvalue weighted by atomic mass is 9.74. The van der Waals surface area contributed by atoms with Gasteiger partial charge in [0.05, 0.1) is 12.3 Å². The third-order valence-corrected chi connectivity index (χ3v) is 8.48. The highest BCUT2D eigenvalue weighted by Gasteiger charge is 2.35. The van der Waals surface area contributed by atoms with Crippen LogP contribution in [0.2, 0.25) is 0 Å². The Balaban J connectivity index is 1.43. The van der Waals surface area contributed by atoms with Crippen molar-refractivity contribution >= 4 is 5.69 Å². The number of piperidine rings is 1. The Labute approximate surface area is 224 Å². The first-order valence-corrected chi connectivity index (χ1v) is 13.9. The Morgan fingerprint density at radius 2 is 1.68 bits per heavy atom. The molecule has 2 heterocycles. The van der Waals surface area contributed by atoms with Gasteiger partial charge in [0.25, 0.3) is 0 Å². The Morgan fingerprint density at radius 3 is 2.37 bits per heavy atom. The number of anilines is 1. The lowest BCUT2D eigenvalue weighted by Crippen LogP contribution is -2.39. The van der Waals surface area contributed by atoms with E-state index in [2.05, 4.69) is 23.6 Å². The second kappa shape index (κ2) is 11.3. The van der Waals surface area contributed by atoms with Gasteiger partial charge >= 0.3 is 0 Å². The maximum Gasteiger partial charge on any atom is 0.146 e. The van der Waals surface area contributed by atoms with E-state index in [-0.39, 0.29) is 29.2 Å². The molecule has 2 aliphatic heterocycles. The molecule has 6 heteroatoms. The van der Waals surface area contributed by atoms with E-state index >= 15 is 4.39 Å². The molecular formula is C32H38F2N2O2. The summed E-state index contributed by atoms with van der Waals surface area (Å²) in [5, 5.41) is 10.0. The smallest absolute Gasteiger partial charge is 0.146 e. The van der Waals surface area contributed by atoms with Gasteiger partial charge in [-0.05, 0) is 85.8 Å². The Bertz CT molecular complexity index is 1270. The maximum absolute atomic E-state index is 15.7. The summed E-state index contributed by atoms with van der Waals surface area (Å²) < 4.78 is 35.7. The highest BCUT2D eigenvalue weighted by atomic mass is 19.1. The van der Waals surface area contributed by atoms with Crippen LogP contribution in [0.15, 0.2) is 54.6 Å². The molecule has 1 fully saturated rings. The maximum atomic E-state index is 15.7. The van der Waals surface area contributed by atoms with Crippen LogP contribution < -0.4 is 9.64 Å². The van der Waals surface area contributed by atoms with Crippen molar-refractivity contribution in [2.24, 2.45) is 5.92 Å². The first-order chi connectivity index (χ1) is 18.4. The Morgan fingerprint density at radius 1 is 0.947 bits per heavy atom. The van der Waals surface area contributed by atoms with Gasteiger partial charge in [0.2, 0.25) is 0 Å². The van der Waals surface area contributed by atoms with Gasteiger partial charge in [-0.25, -0.2) is 8.78 Å². The number of fused-ring (bicyclic) bond motifs is 1. The van der Waals surface area contributed by atoms with E-state index in [4.69, 9.17) is 4.74 Å². The standard InChI is InChI=1S/C32H38F2N2O2/c1-4-35(5-2)19-22-12-14-36(15-13-22)30-11-6-23(17-29(30)34)32-27-10-8-25(37)18-31(27)38-20-28(32)26-9-7-24(33)16-21(26)3/h6-11,16-18,22,28,32,37H,4-5,12-15,19-20H2,1-3H3/t28?,32-/m1/s1. The van der Waals surface area contributed by atoms with Crippen LogP contribution in [0, 0.1) is 24.5 Å². The molecule has 3 aromatic carbocycles. The number of hydrogen-bond acceptors (Lipinski definition) is 4. The molecule has 0 aliphatic carbocycles. The summed E-state index contributed by atoms with van der Waals surface area (Å²) in [5.74, 6) is 0.590. The van der Waals surface area contributed by atoms with Gasteiger partial charge in [-0.1, -0.05) is 32.0 Å². The minimum Gasteiger partial charge on any atom is -0.508 e. The van der Waals surface area contributed by atoms with Crippen LogP contribution in [0.25, 0.3) is 0 Å². The fourth-order valence-electron chi connectivity index (χ4n) is 6.31. The molecule has 1 N–H and O–H groups in total. The first-order valence-electron chi connectivity index (χ1n) is 13.9. The summed E-state index contributed by atoms with van der Waals surface area (Å²) in [4.78, 5) is 4.65. The number of ether oxygens (including phenoxy) is 1. The van der Waals surface area contributed by atoms with Gasteiger partial charge in [0.1, 0.15) is 23.1 Å². The molecule has 1 unspecified atom stereocenters. The second-order valence-electron chi connectivity index (χ2n) is 10.7. The van der Waals surface area contributed by atoms with Crippen LogP contribution in [0.4, 0.5) is 14.5 Å². The van der Waals surface area contributed by atoms with Gasteiger partial charge in [-0.2, -0.15) is 0 Å². The van der Waals surface area contributed by atoms with Crippen molar-refractivity contribution in [3.63, 3.8) is 0 Å². The largest absolute Gasteiger partial charge is 0.508 e. The van der Waals surface area contributed by atoms with E-state index in [9.17, 15) is 9.50 Å². The predicted octanol–water partition coefficient (Wildman–Crippen LogP) is 6.85. The van der Waals surface area contributed by atoms with E-state index < -0.39 is 0 Å². The molecular weight excluding hydrogens is 482 g/mol. The van der Waals surface area contributed by atoms with Crippen LogP contribution in [0.1, 0.15) is 60.8 Å². The third kappa shape index (κ3) is 5.37. The number of halogens is 2. The molecule has 5 rings (SSSR count). The molecule has 3 aromatic rings. The van der Waals surface area contributed by atoms with Crippen molar-refractivity contribution in [3.05, 3.63) is 88.5 Å². The molecule has 2 atom stereocenters. The van der Waals surface area contributed by atoms with Crippen molar-refractivity contribution in [2.75, 3.05) is 44.2 Å². The van der Waals surface area contributed by atoms with Crippen LogP contribution in [-0.4, -0.2) is 49.3 Å². The highest BCUT2D eigenvalue weighted by Crippen LogP contribution is 2.48. The topological polar surface area (TPSA) is 35.9 Å². The quantitative estimate of drug-likeness (QED) is 0.370. The number of aryl methyl sites for hydroxylation is 1. The summed E-state index contributed by atoms with van der Waals surface area (Å²) in [6.45, 7) is 11.6. The normalized spacial score (nSPS) is 19.9. The summed E-state index contributed by atoms with van der Waals surface area (Å²) in [6.07, 6.45) is 2.14. The molecule has 0 amide bonds. The van der Waals surface area contributed by atoms with Gasteiger partial charge in [-0.3, -0.25) is 0 Å². The summed E-state index contributed by atoms with van der Waals surface area (Å²) in [5.41, 5.74) is 4.23. The molecule has 0 saturated carbocycles. The molecule has 1 saturated heterocycles. The number of aromatic hydroxyl groups is 1. The van der Waals surface area contributed by atoms with Crippen LogP contribution in [0.3, 0.4) is 0 Å².